The number of hydrogen-bond acceptors (Lipinski definition) is 5. The van der Waals surface area contributed by atoms with Crippen molar-refractivity contribution in [3.05, 3.63) is 12.2 Å². The molecule has 0 atom stereocenters. The van der Waals surface area contributed by atoms with Gasteiger partial charge in [-0.2, -0.15) is 0 Å². The summed E-state index contributed by atoms with van der Waals surface area (Å²) in [5.41, 5.74) is 0. The monoisotopic (exact) mass is 342 g/mol. The van der Waals surface area contributed by atoms with E-state index >= 15 is 0 Å². The molecule has 0 aliphatic rings. The number of ether oxygens (including phenoxy) is 2. The summed E-state index contributed by atoms with van der Waals surface area (Å²) < 4.78 is 9.90. The molecule has 0 spiro atoms. The average Bonchev–Trinajstić information content (AvgIpc) is 2.42. The topological polar surface area (TPSA) is 89.9 Å². The van der Waals surface area contributed by atoms with Gasteiger partial charge in [-0.05, 0) is 32.6 Å². The summed E-state index contributed by atoms with van der Waals surface area (Å²) in [4.78, 5) is 32.6. The number of carbonyl (C=O) groups is 3. The summed E-state index contributed by atoms with van der Waals surface area (Å²) >= 11 is 0. The van der Waals surface area contributed by atoms with Crippen LogP contribution < -0.4 is 0 Å². The minimum Gasteiger partial charge on any atom is -1.00 e. The zero-order valence-electron chi connectivity index (χ0n) is 15.2. The number of esters is 2. The predicted octanol–water partition coefficient (Wildman–Crippen LogP) is 2.31. The van der Waals surface area contributed by atoms with Crippen molar-refractivity contribution in [1.82, 2.24) is 0 Å². The molecule has 0 aromatic carbocycles. The zero-order valence-corrected chi connectivity index (χ0v) is 15.4. The standard InChI is InChI=1S/C15H24O6.Ca.2H/c1-2-8-14(18)20-11-6-7-12-21-15(19)10-5-3-4-9-13(16)17;;;/h2,8H,3-7,9-12H2,1H3,(H,16,17);;;/q;+2;2*-1. The SMILES string of the molecule is CC=CC(=O)OCCCCOC(=O)CCCCCC(=O)O.[Ca+2].[H-].[H-]. The molecular formula is C15H26CaO6. The third-order valence-corrected chi connectivity index (χ3v) is 2.62. The molecule has 124 valence electrons. The molecule has 0 aromatic rings. The van der Waals surface area contributed by atoms with Crippen LogP contribution in [-0.2, 0) is 23.9 Å². The Morgan fingerprint density at radius 1 is 0.955 bits per heavy atom. The van der Waals surface area contributed by atoms with Crippen molar-refractivity contribution in [3.8, 4) is 0 Å². The molecule has 0 unspecified atom stereocenters. The molecular weight excluding hydrogens is 316 g/mol. The van der Waals surface area contributed by atoms with Gasteiger partial charge in [0.25, 0.3) is 0 Å². The Morgan fingerprint density at radius 2 is 1.55 bits per heavy atom. The normalized spacial score (nSPS) is 10.0. The fourth-order valence-corrected chi connectivity index (χ4v) is 1.54. The molecule has 0 amide bonds. The minimum atomic E-state index is -0.812. The quantitative estimate of drug-likeness (QED) is 0.253. The van der Waals surface area contributed by atoms with Gasteiger partial charge in [-0.15, -0.1) is 0 Å². The molecule has 1 N–H and O–H groups in total. The van der Waals surface area contributed by atoms with Crippen LogP contribution in [0, 0.1) is 0 Å². The molecule has 0 bridgehead atoms. The summed E-state index contributed by atoms with van der Waals surface area (Å²) in [6, 6.07) is 0. The number of aliphatic carboxylic acids is 1. The number of carboxylic acids is 1. The van der Waals surface area contributed by atoms with Gasteiger partial charge in [0.05, 0.1) is 13.2 Å². The summed E-state index contributed by atoms with van der Waals surface area (Å²) in [7, 11) is 0. The second-order valence-corrected chi connectivity index (χ2v) is 4.55. The van der Waals surface area contributed by atoms with Crippen LogP contribution in [-0.4, -0.2) is 74.0 Å². The fraction of sp³-hybridized carbons (Fsp3) is 0.667. The molecule has 0 radical (unpaired) electrons. The van der Waals surface area contributed by atoms with Crippen LogP contribution in [0.3, 0.4) is 0 Å². The third-order valence-electron chi connectivity index (χ3n) is 2.62. The number of carbonyl (C=O) groups excluding carboxylic acids is 2. The van der Waals surface area contributed by atoms with Crippen LogP contribution in [0.1, 0.15) is 54.7 Å². The zero-order chi connectivity index (χ0) is 15.9. The first kappa shape index (κ1) is 23.7. The van der Waals surface area contributed by atoms with E-state index in [1.165, 1.54) is 6.08 Å². The molecule has 0 aromatic heterocycles. The Bertz CT molecular complexity index is 364. The third kappa shape index (κ3) is 17.5. The molecule has 0 fully saturated rings. The van der Waals surface area contributed by atoms with E-state index in [0.717, 1.165) is 0 Å². The maximum Gasteiger partial charge on any atom is 2.00 e. The molecule has 0 saturated heterocycles. The summed E-state index contributed by atoms with van der Waals surface area (Å²) in [6.07, 6.45) is 6.65. The first-order valence-corrected chi connectivity index (χ1v) is 7.23. The molecule has 22 heavy (non-hydrogen) atoms. The smallest absolute Gasteiger partial charge is 1.00 e. The van der Waals surface area contributed by atoms with Crippen LogP contribution in [0.4, 0.5) is 0 Å². The number of carboxylic acid groups (broad SMARTS) is 1. The molecule has 0 aliphatic heterocycles. The first-order chi connectivity index (χ1) is 10.1. The van der Waals surface area contributed by atoms with Crippen molar-refractivity contribution in [2.45, 2.75) is 51.9 Å². The fourth-order valence-electron chi connectivity index (χ4n) is 1.54. The van der Waals surface area contributed by atoms with E-state index in [0.29, 0.717) is 51.7 Å². The van der Waals surface area contributed by atoms with E-state index in [2.05, 4.69) is 0 Å². The Balaban J connectivity index is -0.000000667. The second-order valence-electron chi connectivity index (χ2n) is 4.55. The Hall–Kier alpha value is -0.590. The number of rotatable bonds is 12. The number of hydrogen-bond donors (Lipinski definition) is 1. The van der Waals surface area contributed by atoms with Gasteiger partial charge in [0, 0.05) is 18.9 Å². The Kier molecular flexibility index (Phi) is 18.1. The summed E-state index contributed by atoms with van der Waals surface area (Å²) in [5.74, 6) is -1.44. The van der Waals surface area contributed by atoms with Gasteiger partial charge in [-0.1, -0.05) is 12.5 Å². The van der Waals surface area contributed by atoms with Gasteiger partial charge in [0.15, 0.2) is 0 Å². The molecule has 6 nitrogen and oxygen atoms in total. The number of unbranched alkanes of at least 4 members (excludes halogenated alkanes) is 3. The summed E-state index contributed by atoms with van der Waals surface area (Å²) in [5, 5.41) is 8.45. The van der Waals surface area contributed by atoms with Crippen LogP contribution in [0.2, 0.25) is 0 Å². The molecule has 0 aliphatic carbocycles. The Morgan fingerprint density at radius 3 is 2.14 bits per heavy atom. The molecule has 7 heteroatoms. The molecule has 0 rings (SSSR count). The Labute approximate surface area is 164 Å². The van der Waals surface area contributed by atoms with Crippen LogP contribution in [0.5, 0.6) is 0 Å². The van der Waals surface area contributed by atoms with E-state index in [1.54, 1.807) is 13.0 Å². The van der Waals surface area contributed by atoms with Crippen LogP contribution in [0.25, 0.3) is 0 Å². The maximum atomic E-state index is 11.3. The summed E-state index contributed by atoms with van der Waals surface area (Å²) in [6.45, 7) is 2.37. The van der Waals surface area contributed by atoms with Crippen molar-refractivity contribution in [3.63, 3.8) is 0 Å². The predicted molar refractivity (Wildman–Crippen MR) is 84.7 cm³/mol. The van der Waals surface area contributed by atoms with Crippen molar-refractivity contribution in [2.24, 2.45) is 0 Å². The van der Waals surface area contributed by atoms with E-state index < -0.39 is 5.97 Å². The van der Waals surface area contributed by atoms with Gasteiger partial charge in [0.2, 0.25) is 0 Å². The van der Waals surface area contributed by atoms with E-state index in [1.807, 2.05) is 0 Å². The maximum absolute atomic E-state index is 11.3. The largest absolute Gasteiger partial charge is 2.00 e. The van der Waals surface area contributed by atoms with E-state index in [9.17, 15) is 14.4 Å². The van der Waals surface area contributed by atoms with E-state index in [4.69, 9.17) is 14.6 Å². The molecule has 0 saturated carbocycles. The van der Waals surface area contributed by atoms with Gasteiger partial charge < -0.3 is 17.4 Å². The van der Waals surface area contributed by atoms with Crippen LogP contribution >= 0.6 is 0 Å². The van der Waals surface area contributed by atoms with Crippen molar-refractivity contribution >= 4 is 55.6 Å². The van der Waals surface area contributed by atoms with Crippen molar-refractivity contribution < 1.29 is 31.8 Å². The second kappa shape index (κ2) is 16.8. The van der Waals surface area contributed by atoms with E-state index in [-0.39, 0.29) is 59.0 Å². The van der Waals surface area contributed by atoms with Crippen molar-refractivity contribution in [2.75, 3.05) is 13.2 Å². The van der Waals surface area contributed by atoms with Gasteiger partial charge in [0.1, 0.15) is 0 Å². The van der Waals surface area contributed by atoms with Crippen LogP contribution in [0.15, 0.2) is 12.2 Å². The van der Waals surface area contributed by atoms with Crippen molar-refractivity contribution in [1.29, 1.82) is 0 Å². The van der Waals surface area contributed by atoms with Gasteiger partial charge in [-0.25, -0.2) is 4.79 Å². The first-order valence-electron chi connectivity index (χ1n) is 7.23. The van der Waals surface area contributed by atoms with Gasteiger partial charge in [-0.3, -0.25) is 9.59 Å². The minimum absolute atomic E-state index is 0. The van der Waals surface area contributed by atoms with Gasteiger partial charge >= 0.3 is 55.6 Å². The molecule has 0 heterocycles. The number of allylic oxidation sites excluding steroid dienone is 1. The average molecular weight is 342 g/mol.